The summed E-state index contributed by atoms with van der Waals surface area (Å²) in [5.74, 6) is 0.935. The Balaban J connectivity index is 1.04. The summed E-state index contributed by atoms with van der Waals surface area (Å²) in [7, 11) is 2.59. The van der Waals surface area contributed by atoms with Crippen molar-refractivity contribution in [2.75, 3.05) is 14.2 Å². The molecular weight excluding hydrogens is 761 g/mol. The van der Waals surface area contributed by atoms with Crippen molar-refractivity contribution in [1.82, 2.24) is 40.4 Å². The molecule has 2 aliphatic rings. The lowest BCUT2D eigenvalue weighted by Gasteiger charge is -2.32. The maximum absolute atomic E-state index is 13.8. The third-order valence-corrected chi connectivity index (χ3v) is 12.1. The van der Waals surface area contributed by atoms with E-state index in [1.165, 1.54) is 14.2 Å². The second-order valence-corrected chi connectivity index (χ2v) is 16.8. The fourth-order valence-electron chi connectivity index (χ4n) is 8.71. The number of aromatic nitrogens is 4. The van der Waals surface area contributed by atoms with Gasteiger partial charge in [-0.2, -0.15) is 0 Å². The van der Waals surface area contributed by atoms with Crippen molar-refractivity contribution in [2.24, 2.45) is 11.8 Å². The Morgan fingerprint density at radius 1 is 0.600 bits per heavy atom. The van der Waals surface area contributed by atoms with Crippen LogP contribution in [0.2, 0.25) is 0 Å². The molecule has 0 spiro atoms. The Morgan fingerprint density at radius 2 is 1.00 bits per heavy atom. The van der Waals surface area contributed by atoms with Gasteiger partial charge in [0.1, 0.15) is 23.7 Å². The summed E-state index contributed by atoms with van der Waals surface area (Å²) in [4.78, 5) is 71.8. The number of hydrogen-bond acceptors (Lipinski definition) is 8. The van der Waals surface area contributed by atoms with Crippen molar-refractivity contribution >= 4 is 34.8 Å². The first-order chi connectivity index (χ1) is 28.8. The minimum Gasteiger partial charge on any atom is -0.453 e. The Morgan fingerprint density at radius 3 is 1.45 bits per heavy atom. The lowest BCUT2D eigenvalue weighted by molar-refractivity contribution is -0.138. The van der Waals surface area contributed by atoms with E-state index in [1.807, 2.05) is 63.7 Å². The number of aromatic amines is 2. The van der Waals surface area contributed by atoms with Gasteiger partial charge in [-0.3, -0.25) is 9.59 Å². The SMILES string of the molecule is COC(=O)N[C@H](C(=O)N1C(C)CC[C@H]1c1ncc(-c2ccc(-c3ccc4cc(-c5cnc([C@@H]6CCC(C)N6C(=O)[C@@H](NC(=O)OC)C(C)C)[nH]5)ccc4c3)cc2)[nH]1)C(C)C. The van der Waals surface area contributed by atoms with E-state index in [9.17, 15) is 19.2 Å². The maximum Gasteiger partial charge on any atom is 0.407 e. The molecule has 4 N–H and O–H groups in total. The summed E-state index contributed by atoms with van der Waals surface area (Å²) < 4.78 is 9.59. The lowest BCUT2D eigenvalue weighted by Crippen LogP contribution is -2.52. The van der Waals surface area contributed by atoms with Crippen molar-refractivity contribution in [3.63, 3.8) is 0 Å². The number of ether oxygens (including phenoxy) is 2. The van der Waals surface area contributed by atoms with E-state index in [2.05, 4.69) is 81.3 Å². The van der Waals surface area contributed by atoms with Crippen LogP contribution in [0.1, 0.15) is 91.0 Å². The van der Waals surface area contributed by atoms with Crippen LogP contribution in [-0.4, -0.2) is 92.1 Å². The van der Waals surface area contributed by atoms with Gasteiger partial charge in [-0.15, -0.1) is 0 Å². The van der Waals surface area contributed by atoms with Crippen molar-refractivity contribution < 1.29 is 28.7 Å². The topological polar surface area (TPSA) is 175 Å². The molecule has 4 heterocycles. The van der Waals surface area contributed by atoms with Gasteiger partial charge in [-0.05, 0) is 91.0 Å². The predicted molar refractivity (Wildman–Crippen MR) is 229 cm³/mol. The van der Waals surface area contributed by atoms with Crippen molar-refractivity contribution in [2.45, 2.75) is 103 Å². The third kappa shape index (κ3) is 8.45. The molecule has 14 nitrogen and oxygen atoms in total. The minimum atomic E-state index is -0.705. The zero-order valence-corrected chi connectivity index (χ0v) is 35.6. The van der Waals surface area contributed by atoms with E-state index in [1.54, 1.807) is 0 Å². The van der Waals surface area contributed by atoms with Gasteiger partial charge in [-0.25, -0.2) is 19.6 Å². The summed E-state index contributed by atoms with van der Waals surface area (Å²) in [6.45, 7) is 11.7. The predicted octanol–water partition coefficient (Wildman–Crippen LogP) is 8.15. The molecule has 2 aliphatic heterocycles. The number of alkyl carbamates (subject to hydrolysis) is 2. The number of nitrogens with one attached hydrogen (secondary N) is 4. The molecule has 2 saturated heterocycles. The number of fused-ring (bicyclic) bond motifs is 1. The number of rotatable bonds is 11. The maximum atomic E-state index is 13.8. The molecule has 7 rings (SSSR count). The van der Waals surface area contributed by atoms with Crippen LogP contribution in [0.4, 0.5) is 9.59 Å². The molecule has 5 aromatic rings. The van der Waals surface area contributed by atoms with Crippen molar-refractivity contribution in [1.29, 1.82) is 0 Å². The van der Waals surface area contributed by atoms with Crippen LogP contribution in [0.5, 0.6) is 0 Å². The van der Waals surface area contributed by atoms with Crippen LogP contribution < -0.4 is 10.6 Å². The van der Waals surface area contributed by atoms with Gasteiger partial charge in [0.05, 0.1) is 50.1 Å². The zero-order chi connectivity index (χ0) is 42.8. The molecule has 0 radical (unpaired) electrons. The van der Waals surface area contributed by atoms with Gasteiger partial charge >= 0.3 is 12.2 Å². The zero-order valence-electron chi connectivity index (χ0n) is 35.6. The normalized spacial score (nSPS) is 20.1. The minimum absolute atomic E-state index is 0.000337. The second kappa shape index (κ2) is 17.6. The number of amides is 4. The molecule has 0 saturated carbocycles. The quantitative estimate of drug-likeness (QED) is 0.103. The largest absolute Gasteiger partial charge is 0.453 e. The fraction of sp³-hybridized carbons (Fsp3) is 0.435. The molecule has 0 bridgehead atoms. The number of carbonyl (C=O) groups is 4. The lowest BCUT2D eigenvalue weighted by atomic mass is 9.98. The van der Waals surface area contributed by atoms with E-state index < -0.39 is 24.3 Å². The first kappa shape index (κ1) is 42.0. The Kier molecular flexibility index (Phi) is 12.3. The number of benzene rings is 3. The molecule has 60 heavy (non-hydrogen) atoms. The third-order valence-electron chi connectivity index (χ3n) is 12.1. The van der Waals surface area contributed by atoms with E-state index in [0.29, 0.717) is 0 Å². The molecule has 2 unspecified atom stereocenters. The van der Waals surface area contributed by atoms with Gasteiger partial charge in [0.2, 0.25) is 11.8 Å². The van der Waals surface area contributed by atoms with E-state index in [-0.39, 0.29) is 47.8 Å². The van der Waals surface area contributed by atoms with E-state index in [4.69, 9.17) is 19.4 Å². The Bertz CT molecular complexity index is 2350. The highest BCUT2D eigenvalue weighted by Crippen LogP contribution is 2.39. The first-order valence-corrected chi connectivity index (χ1v) is 20.9. The van der Waals surface area contributed by atoms with E-state index in [0.717, 1.165) is 81.7 Å². The van der Waals surface area contributed by atoms with Gasteiger partial charge in [-0.1, -0.05) is 76.2 Å². The standard InChI is InChI=1S/C46H56N8O6/c1-25(2)39(51-45(57)59-7)43(55)53-27(5)9-19-37(53)41-47-23-35(49-41)30-13-11-29(12-14-30)31-15-16-33-22-34(18-17-32(33)21-31)36-24-48-42(50-36)38-20-10-28(6)54(38)44(56)40(26(3)4)52-46(58)60-8/h11-18,21-28,37-40H,9-10,19-20H2,1-8H3,(H,47,49)(H,48,50)(H,51,57)(H,52,58)/t27?,28?,37-,38-,39-,40-/m0/s1. The summed E-state index contributed by atoms with van der Waals surface area (Å²) in [6.07, 6.45) is 5.60. The van der Waals surface area contributed by atoms with Crippen LogP contribution in [0.25, 0.3) is 44.4 Å². The highest BCUT2D eigenvalue weighted by atomic mass is 16.5. The van der Waals surface area contributed by atoms with Crippen LogP contribution in [0.3, 0.4) is 0 Å². The van der Waals surface area contributed by atoms with Crippen LogP contribution in [-0.2, 0) is 19.1 Å². The smallest absolute Gasteiger partial charge is 0.407 e. The average molecular weight is 817 g/mol. The molecule has 3 aromatic carbocycles. The van der Waals surface area contributed by atoms with Gasteiger partial charge in [0, 0.05) is 17.6 Å². The molecule has 6 atom stereocenters. The number of carbonyl (C=O) groups excluding carboxylic acids is 4. The van der Waals surface area contributed by atoms with Crippen LogP contribution >= 0.6 is 0 Å². The molecular formula is C46H56N8O6. The number of imidazole rings is 2. The summed E-state index contributed by atoms with van der Waals surface area (Å²) in [5.41, 5.74) is 5.87. The number of nitrogens with zero attached hydrogens (tertiary/aromatic N) is 4. The van der Waals surface area contributed by atoms with Crippen molar-refractivity contribution in [3.05, 3.63) is 84.7 Å². The van der Waals surface area contributed by atoms with E-state index >= 15 is 0 Å². The molecule has 2 fully saturated rings. The van der Waals surface area contributed by atoms with Gasteiger partial charge in [0.15, 0.2) is 0 Å². The van der Waals surface area contributed by atoms with Crippen molar-refractivity contribution in [3.8, 4) is 33.6 Å². The molecule has 2 aromatic heterocycles. The summed E-state index contributed by atoms with van der Waals surface area (Å²) in [6, 6.07) is 19.2. The fourth-order valence-corrected chi connectivity index (χ4v) is 8.71. The summed E-state index contributed by atoms with van der Waals surface area (Å²) >= 11 is 0. The number of H-pyrrole nitrogens is 2. The number of hydrogen-bond donors (Lipinski definition) is 4. The van der Waals surface area contributed by atoms with Gasteiger partial charge in [0.25, 0.3) is 0 Å². The molecule has 316 valence electrons. The second-order valence-electron chi connectivity index (χ2n) is 16.8. The monoisotopic (exact) mass is 816 g/mol. The Labute approximate surface area is 350 Å². The molecule has 4 amide bonds. The molecule has 0 aliphatic carbocycles. The average Bonchev–Trinajstić information content (AvgIpc) is 4.08. The summed E-state index contributed by atoms with van der Waals surface area (Å²) in [5, 5.41) is 7.63. The highest BCUT2D eigenvalue weighted by Gasteiger charge is 2.42. The van der Waals surface area contributed by atoms with Crippen LogP contribution in [0.15, 0.2) is 73.1 Å². The Hall–Kier alpha value is -6.18. The molecule has 14 heteroatoms. The highest BCUT2D eigenvalue weighted by molar-refractivity contribution is 5.91. The van der Waals surface area contributed by atoms with Crippen LogP contribution in [0, 0.1) is 11.8 Å². The first-order valence-electron chi connectivity index (χ1n) is 20.9. The van der Waals surface area contributed by atoms with Gasteiger partial charge < -0.3 is 39.9 Å². The number of methoxy groups -OCH3 is 2. The number of likely N-dealkylation sites (tertiary alicyclic amines) is 2.